The number of sulfonamides is 1. The van der Waals surface area contributed by atoms with Gasteiger partial charge in [-0.25, -0.2) is 13.8 Å². The summed E-state index contributed by atoms with van der Waals surface area (Å²) in [5.74, 6) is -0.378. The third-order valence-corrected chi connectivity index (χ3v) is 8.29. The minimum atomic E-state index is -3.89. The molecule has 0 saturated carbocycles. The predicted octanol–water partition coefficient (Wildman–Crippen LogP) is 6.57. The molecule has 4 aromatic rings. The first-order valence-electron chi connectivity index (χ1n) is 11.3. The normalized spacial score (nSPS) is 11.4. The van der Waals surface area contributed by atoms with Gasteiger partial charge in [-0.3, -0.25) is 9.10 Å². The molecule has 6 nitrogen and oxygen atoms in total. The van der Waals surface area contributed by atoms with Crippen molar-refractivity contribution < 1.29 is 13.2 Å². The van der Waals surface area contributed by atoms with Crippen molar-refractivity contribution in [1.29, 1.82) is 0 Å². The van der Waals surface area contributed by atoms with E-state index >= 15 is 0 Å². The maximum Gasteiger partial charge on any atom is 0.271 e. The summed E-state index contributed by atoms with van der Waals surface area (Å²) < 4.78 is 29.5. The van der Waals surface area contributed by atoms with Gasteiger partial charge < -0.3 is 0 Å². The average Bonchev–Trinajstić information content (AvgIpc) is 2.90. The smallest absolute Gasteiger partial charge is 0.267 e. The number of carbonyl (C=O) groups excluding carboxylic acids is 1. The molecule has 0 heterocycles. The van der Waals surface area contributed by atoms with Gasteiger partial charge in [0.05, 0.1) is 23.3 Å². The molecule has 0 aliphatic rings. The van der Waals surface area contributed by atoms with E-state index in [0.717, 1.165) is 10.0 Å². The molecule has 0 radical (unpaired) electrons. The van der Waals surface area contributed by atoms with Gasteiger partial charge in [0.25, 0.3) is 15.9 Å². The van der Waals surface area contributed by atoms with E-state index in [1.54, 1.807) is 85.9 Å². The van der Waals surface area contributed by atoms with Crippen molar-refractivity contribution >= 4 is 55.4 Å². The van der Waals surface area contributed by atoms with E-state index in [1.807, 2.05) is 24.3 Å². The molecular weight excluding hydrogens is 574 g/mol. The van der Waals surface area contributed by atoms with Gasteiger partial charge in [-0.2, -0.15) is 5.10 Å². The molecular formula is C28H23BrClN3O3S. The van der Waals surface area contributed by atoms with Crippen LogP contribution in [-0.4, -0.2) is 20.5 Å². The number of rotatable bonds is 8. The summed E-state index contributed by atoms with van der Waals surface area (Å²) >= 11 is 9.72. The van der Waals surface area contributed by atoms with E-state index < -0.39 is 10.0 Å². The molecule has 1 amide bonds. The lowest BCUT2D eigenvalue weighted by Gasteiger charge is -2.26. The van der Waals surface area contributed by atoms with Crippen molar-refractivity contribution in [2.24, 2.45) is 5.10 Å². The number of nitrogens with one attached hydrogen (secondary N) is 1. The van der Waals surface area contributed by atoms with Crippen LogP contribution in [0.1, 0.15) is 27.0 Å². The Kier molecular flexibility index (Phi) is 8.43. The highest BCUT2D eigenvalue weighted by molar-refractivity contribution is 9.10. The number of hydrogen-bond donors (Lipinski definition) is 1. The Hall–Kier alpha value is -3.46. The molecule has 9 heteroatoms. The number of anilines is 1. The fourth-order valence-corrected chi connectivity index (χ4v) is 5.75. The van der Waals surface area contributed by atoms with Crippen LogP contribution in [0.5, 0.6) is 0 Å². The van der Waals surface area contributed by atoms with Crippen LogP contribution in [0.2, 0.25) is 5.02 Å². The van der Waals surface area contributed by atoms with Crippen molar-refractivity contribution in [2.75, 3.05) is 4.31 Å². The Morgan fingerprint density at radius 1 is 0.973 bits per heavy atom. The van der Waals surface area contributed by atoms with Gasteiger partial charge in [0.15, 0.2) is 0 Å². The number of hydrazone groups is 1. The summed E-state index contributed by atoms with van der Waals surface area (Å²) in [6.07, 6.45) is 1.55. The van der Waals surface area contributed by atoms with E-state index in [0.29, 0.717) is 27.4 Å². The van der Waals surface area contributed by atoms with Gasteiger partial charge >= 0.3 is 0 Å². The molecule has 0 spiro atoms. The maximum atomic E-state index is 13.6. The second-order valence-electron chi connectivity index (χ2n) is 8.16. The number of amides is 1. The zero-order valence-corrected chi connectivity index (χ0v) is 23.0. The zero-order valence-electron chi connectivity index (χ0n) is 19.8. The Labute approximate surface area is 229 Å². The lowest BCUT2D eigenvalue weighted by molar-refractivity contribution is 0.0955. The van der Waals surface area contributed by atoms with Gasteiger partial charge in [0.2, 0.25) is 0 Å². The highest BCUT2D eigenvalue weighted by Gasteiger charge is 2.27. The number of nitrogens with zero attached hydrogens (tertiary/aromatic N) is 2. The zero-order chi connectivity index (χ0) is 26.4. The SMILES string of the molecule is Cc1c(Cl)cccc1N(Cc1ccc(C(=O)NN=Cc2cccc(Br)c2)cc1)S(=O)(=O)c1ccccc1. The maximum absolute atomic E-state index is 13.6. The molecule has 0 atom stereocenters. The topological polar surface area (TPSA) is 78.8 Å². The molecule has 0 aliphatic carbocycles. The lowest BCUT2D eigenvalue weighted by Crippen LogP contribution is -2.31. The standard InChI is InChI=1S/C28H23BrClN3O3S/c1-20-26(30)11-6-12-27(20)33(37(35,36)25-9-3-2-4-10-25)19-21-13-15-23(16-14-21)28(34)32-31-18-22-7-5-8-24(29)17-22/h2-18H,19H2,1H3,(H,32,34). The lowest BCUT2D eigenvalue weighted by atomic mass is 10.1. The van der Waals surface area contributed by atoms with Gasteiger partial charge in [-0.05, 0) is 72.1 Å². The van der Waals surface area contributed by atoms with Gasteiger partial charge in [-0.1, -0.05) is 76.1 Å². The van der Waals surface area contributed by atoms with Gasteiger partial charge in [0, 0.05) is 15.1 Å². The summed E-state index contributed by atoms with van der Waals surface area (Å²) in [4.78, 5) is 12.7. The third kappa shape index (κ3) is 6.46. The monoisotopic (exact) mass is 595 g/mol. The van der Waals surface area contributed by atoms with Crippen molar-refractivity contribution in [2.45, 2.75) is 18.4 Å². The van der Waals surface area contributed by atoms with Gasteiger partial charge in [0.1, 0.15) is 0 Å². The minimum absolute atomic E-state index is 0.0569. The van der Waals surface area contributed by atoms with E-state index in [9.17, 15) is 13.2 Å². The molecule has 4 aromatic carbocycles. The summed E-state index contributed by atoms with van der Waals surface area (Å²) in [5, 5.41) is 4.48. The molecule has 37 heavy (non-hydrogen) atoms. The summed E-state index contributed by atoms with van der Waals surface area (Å²) in [6.45, 7) is 1.84. The highest BCUT2D eigenvalue weighted by atomic mass is 79.9. The van der Waals surface area contributed by atoms with Crippen LogP contribution < -0.4 is 9.73 Å². The number of hydrogen-bond acceptors (Lipinski definition) is 4. The van der Waals surface area contributed by atoms with Crippen LogP contribution in [0.3, 0.4) is 0 Å². The second kappa shape index (κ2) is 11.7. The largest absolute Gasteiger partial charge is 0.271 e. The molecule has 0 aliphatic heterocycles. The van der Waals surface area contributed by atoms with E-state index in [-0.39, 0.29) is 17.3 Å². The Balaban J connectivity index is 1.56. The van der Waals surface area contributed by atoms with Crippen molar-refractivity contribution in [3.8, 4) is 0 Å². The first-order valence-corrected chi connectivity index (χ1v) is 13.9. The molecule has 0 aromatic heterocycles. The van der Waals surface area contributed by atoms with Crippen LogP contribution in [0.4, 0.5) is 5.69 Å². The van der Waals surface area contributed by atoms with Crippen molar-refractivity contribution in [3.63, 3.8) is 0 Å². The molecule has 0 saturated heterocycles. The van der Waals surface area contributed by atoms with Crippen LogP contribution in [0, 0.1) is 6.92 Å². The quantitative estimate of drug-likeness (QED) is 0.185. The average molecular weight is 597 g/mol. The summed E-state index contributed by atoms with van der Waals surface area (Å²) in [5.41, 5.74) is 5.58. The molecule has 0 bridgehead atoms. The Bertz CT molecular complexity index is 1540. The predicted molar refractivity (Wildman–Crippen MR) is 152 cm³/mol. The summed E-state index contributed by atoms with van der Waals surface area (Å²) in [7, 11) is -3.89. The molecule has 4 rings (SSSR count). The summed E-state index contributed by atoms with van der Waals surface area (Å²) in [6, 6.07) is 27.7. The molecule has 1 N–H and O–H groups in total. The molecule has 0 unspecified atom stereocenters. The molecule has 0 fully saturated rings. The number of halogens is 2. The van der Waals surface area contributed by atoms with Gasteiger partial charge in [-0.15, -0.1) is 0 Å². The first-order chi connectivity index (χ1) is 17.8. The Morgan fingerprint density at radius 2 is 1.68 bits per heavy atom. The third-order valence-electron chi connectivity index (χ3n) is 5.61. The van der Waals surface area contributed by atoms with Crippen LogP contribution >= 0.6 is 27.5 Å². The van der Waals surface area contributed by atoms with Crippen LogP contribution in [-0.2, 0) is 16.6 Å². The number of benzene rings is 4. The first kappa shape index (κ1) is 26.6. The van der Waals surface area contributed by atoms with Crippen molar-refractivity contribution in [3.05, 3.63) is 129 Å². The minimum Gasteiger partial charge on any atom is -0.267 e. The van der Waals surface area contributed by atoms with Crippen molar-refractivity contribution in [1.82, 2.24) is 5.43 Å². The molecule has 188 valence electrons. The Morgan fingerprint density at radius 3 is 2.38 bits per heavy atom. The fraction of sp³-hybridized carbons (Fsp3) is 0.0714. The number of carbonyl (C=O) groups is 1. The second-order valence-corrected chi connectivity index (χ2v) is 11.3. The fourth-order valence-electron chi connectivity index (χ4n) is 3.63. The van der Waals surface area contributed by atoms with E-state index in [4.69, 9.17) is 11.6 Å². The highest BCUT2D eigenvalue weighted by Crippen LogP contribution is 2.32. The van der Waals surface area contributed by atoms with E-state index in [1.165, 1.54) is 4.31 Å². The van der Waals surface area contributed by atoms with Crippen LogP contribution in [0.15, 0.2) is 112 Å². The van der Waals surface area contributed by atoms with Crippen LogP contribution in [0.25, 0.3) is 0 Å². The van der Waals surface area contributed by atoms with E-state index in [2.05, 4.69) is 26.5 Å².